The van der Waals surface area contributed by atoms with Gasteiger partial charge in [0.2, 0.25) is 0 Å². The standard InChI is InChI=1S/C9H12N6O/c1-7-5-12-13-6-8(7)9(16)15(2)4-3-11-14-10/h5-6H,3-4H2,1-2H3. The van der Waals surface area contributed by atoms with Gasteiger partial charge in [-0.2, -0.15) is 10.2 Å². The number of carbonyl (C=O) groups excluding carboxylic acids is 1. The summed E-state index contributed by atoms with van der Waals surface area (Å²) in [7, 11) is 1.65. The summed E-state index contributed by atoms with van der Waals surface area (Å²) in [6.45, 7) is 2.43. The van der Waals surface area contributed by atoms with E-state index in [1.165, 1.54) is 17.3 Å². The third-order valence-corrected chi connectivity index (χ3v) is 2.11. The minimum atomic E-state index is -0.152. The molecule has 1 amide bonds. The summed E-state index contributed by atoms with van der Waals surface area (Å²) in [4.78, 5) is 16.0. The van der Waals surface area contributed by atoms with Crippen LogP contribution in [0.4, 0.5) is 0 Å². The number of likely N-dealkylation sites (N-methyl/N-ethyl adjacent to an activating group) is 1. The number of aromatic nitrogens is 2. The maximum atomic E-state index is 11.9. The summed E-state index contributed by atoms with van der Waals surface area (Å²) in [6, 6.07) is 0. The van der Waals surface area contributed by atoms with Gasteiger partial charge >= 0.3 is 0 Å². The molecule has 84 valence electrons. The van der Waals surface area contributed by atoms with E-state index in [-0.39, 0.29) is 12.5 Å². The van der Waals surface area contributed by atoms with Crippen LogP contribution in [0.5, 0.6) is 0 Å². The van der Waals surface area contributed by atoms with E-state index in [0.717, 1.165) is 5.56 Å². The molecule has 0 N–H and O–H groups in total. The van der Waals surface area contributed by atoms with Gasteiger partial charge in [0.1, 0.15) is 0 Å². The van der Waals surface area contributed by atoms with Gasteiger partial charge in [0, 0.05) is 25.0 Å². The van der Waals surface area contributed by atoms with Crippen LogP contribution in [0.2, 0.25) is 0 Å². The van der Waals surface area contributed by atoms with Crippen LogP contribution in [0.1, 0.15) is 15.9 Å². The molecule has 0 aliphatic rings. The van der Waals surface area contributed by atoms with Gasteiger partial charge in [0.05, 0.1) is 18.0 Å². The Kier molecular flexibility index (Phi) is 4.23. The van der Waals surface area contributed by atoms with Crippen molar-refractivity contribution in [2.75, 3.05) is 20.1 Å². The van der Waals surface area contributed by atoms with E-state index in [9.17, 15) is 4.79 Å². The van der Waals surface area contributed by atoms with Crippen molar-refractivity contribution in [1.82, 2.24) is 15.1 Å². The first-order chi connectivity index (χ1) is 7.66. The molecule has 1 aromatic rings. The Morgan fingerprint density at radius 1 is 1.56 bits per heavy atom. The molecule has 0 aliphatic carbocycles. The average molecular weight is 220 g/mol. The lowest BCUT2D eigenvalue weighted by Gasteiger charge is -2.16. The molecular weight excluding hydrogens is 208 g/mol. The lowest BCUT2D eigenvalue weighted by molar-refractivity contribution is 0.0797. The van der Waals surface area contributed by atoms with Crippen LogP contribution in [0.3, 0.4) is 0 Å². The van der Waals surface area contributed by atoms with E-state index >= 15 is 0 Å². The summed E-state index contributed by atoms with van der Waals surface area (Å²) < 4.78 is 0. The fourth-order valence-electron chi connectivity index (χ4n) is 1.15. The molecule has 0 spiro atoms. The van der Waals surface area contributed by atoms with Crippen LogP contribution in [0, 0.1) is 6.92 Å². The van der Waals surface area contributed by atoms with Crippen LogP contribution < -0.4 is 0 Å². The Balaban J connectivity index is 2.70. The van der Waals surface area contributed by atoms with Crippen molar-refractivity contribution in [3.05, 3.63) is 34.0 Å². The molecule has 0 saturated heterocycles. The largest absolute Gasteiger partial charge is 0.342 e. The van der Waals surface area contributed by atoms with E-state index < -0.39 is 0 Å². The zero-order valence-electron chi connectivity index (χ0n) is 9.16. The number of aryl methyl sites for hydroxylation is 1. The smallest absolute Gasteiger partial charge is 0.255 e. The Morgan fingerprint density at radius 2 is 2.25 bits per heavy atom. The second-order valence-electron chi connectivity index (χ2n) is 3.27. The minimum absolute atomic E-state index is 0.152. The van der Waals surface area contributed by atoms with Crippen molar-refractivity contribution in [1.29, 1.82) is 0 Å². The number of nitrogens with zero attached hydrogens (tertiary/aromatic N) is 6. The lowest BCUT2D eigenvalue weighted by Crippen LogP contribution is -2.29. The lowest BCUT2D eigenvalue weighted by atomic mass is 10.2. The van der Waals surface area contributed by atoms with Crippen molar-refractivity contribution in [2.24, 2.45) is 5.11 Å². The first kappa shape index (κ1) is 11.9. The average Bonchev–Trinajstić information content (AvgIpc) is 2.29. The summed E-state index contributed by atoms with van der Waals surface area (Å²) in [5, 5.41) is 10.7. The summed E-state index contributed by atoms with van der Waals surface area (Å²) in [5.41, 5.74) is 9.40. The summed E-state index contributed by atoms with van der Waals surface area (Å²) in [5.74, 6) is -0.152. The van der Waals surface area contributed by atoms with Crippen LogP contribution in [0.15, 0.2) is 17.5 Å². The molecule has 0 aliphatic heterocycles. The van der Waals surface area contributed by atoms with E-state index in [4.69, 9.17) is 5.53 Å². The van der Waals surface area contributed by atoms with Crippen molar-refractivity contribution in [3.8, 4) is 0 Å². The van der Waals surface area contributed by atoms with Crippen molar-refractivity contribution in [2.45, 2.75) is 6.92 Å². The Hall–Kier alpha value is -2.14. The van der Waals surface area contributed by atoms with Gasteiger partial charge in [-0.3, -0.25) is 4.79 Å². The fraction of sp³-hybridized carbons (Fsp3) is 0.444. The third kappa shape index (κ3) is 2.93. The van der Waals surface area contributed by atoms with Crippen molar-refractivity contribution < 1.29 is 4.79 Å². The molecule has 0 radical (unpaired) electrons. The molecule has 0 fully saturated rings. The third-order valence-electron chi connectivity index (χ3n) is 2.11. The van der Waals surface area contributed by atoms with Gasteiger partial charge < -0.3 is 4.90 Å². The van der Waals surface area contributed by atoms with E-state index in [0.29, 0.717) is 12.1 Å². The second-order valence-corrected chi connectivity index (χ2v) is 3.27. The maximum absolute atomic E-state index is 11.9. The first-order valence-electron chi connectivity index (χ1n) is 4.70. The predicted octanol–water partition coefficient (Wildman–Crippen LogP) is 1.17. The van der Waals surface area contributed by atoms with E-state index in [1.807, 2.05) is 0 Å². The Bertz CT molecular complexity index is 426. The molecule has 7 nitrogen and oxygen atoms in total. The summed E-state index contributed by atoms with van der Waals surface area (Å²) in [6.07, 6.45) is 2.97. The summed E-state index contributed by atoms with van der Waals surface area (Å²) >= 11 is 0. The molecule has 7 heteroatoms. The zero-order chi connectivity index (χ0) is 12.0. The van der Waals surface area contributed by atoms with E-state index in [2.05, 4.69) is 20.2 Å². The monoisotopic (exact) mass is 220 g/mol. The maximum Gasteiger partial charge on any atom is 0.255 e. The van der Waals surface area contributed by atoms with Gasteiger partial charge in [-0.1, -0.05) is 5.11 Å². The van der Waals surface area contributed by atoms with Crippen LogP contribution >= 0.6 is 0 Å². The normalized spacial score (nSPS) is 9.38. The van der Waals surface area contributed by atoms with Gasteiger partial charge in [-0.15, -0.1) is 0 Å². The topological polar surface area (TPSA) is 94.9 Å². The number of rotatable bonds is 4. The molecule has 0 saturated carbocycles. The highest BCUT2D eigenvalue weighted by atomic mass is 16.2. The highest BCUT2D eigenvalue weighted by Gasteiger charge is 2.13. The number of amides is 1. The van der Waals surface area contributed by atoms with Crippen molar-refractivity contribution in [3.63, 3.8) is 0 Å². The first-order valence-corrected chi connectivity index (χ1v) is 4.70. The quantitative estimate of drug-likeness (QED) is 0.433. The molecule has 0 atom stereocenters. The molecule has 1 aromatic heterocycles. The Morgan fingerprint density at radius 3 is 2.88 bits per heavy atom. The van der Waals surface area contributed by atoms with Crippen LogP contribution in [-0.2, 0) is 0 Å². The van der Waals surface area contributed by atoms with Gasteiger partial charge in [0.25, 0.3) is 5.91 Å². The Labute approximate surface area is 92.7 Å². The van der Waals surface area contributed by atoms with Crippen LogP contribution in [-0.4, -0.2) is 41.1 Å². The molecule has 0 bridgehead atoms. The van der Waals surface area contributed by atoms with Gasteiger partial charge in [0.15, 0.2) is 0 Å². The predicted molar refractivity (Wildman–Crippen MR) is 57.7 cm³/mol. The molecule has 1 heterocycles. The number of hydrogen-bond acceptors (Lipinski definition) is 4. The second kappa shape index (κ2) is 5.67. The molecule has 0 aromatic carbocycles. The SMILES string of the molecule is Cc1cnncc1C(=O)N(C)CCN=[N+]=[N-]. The highest BCUT2D eigenvalue weighted by Crippen LogP contribution is 2.06. The van der Waals surface area contributed by atoms with Gasteiger partial charge in [-0.05, 0) is 18.0 Å². The number of carbonyl (C=O) groups is 1. The highest BCUT2D eigenvalue weighted by molar-refractivity contribution is 5.95. The molecule has 1 rings (SSSR count). The molecule has 0 unspecified atom stereocenters. The zero-order valence-corrected chi connectivity index (χ0v) is 9.16. The fourth-order valence-corrected chi connectivity index (χ4v) is 1.15. The van der Waals surface area contributed by atoms with Gasteiger partial charge in [-0.25, -0.2) is 0 Å². The molecular formula is C9H12N6O. The minimum Gasteiger partial charge on any atom is -0.342 e. The van der Waals surface area contributed by atoms with E-state index in [1.54, 1.807) is 14.0 Å². The number of hydrogen-bond donors (Lipinski definition) is 0. The van der Waals surface area contributed by atoms with Crippen molar-refractivity contribution >= 4 is 5.91 Å². The van der Waals surface area contributed by atoms with Crippen LogP contribution in [0.25, 0.3) is 10.4 Å². The molecule has 16 heavy (non-hydrogen) atoms. The number of azide groups is 1.